The fourth-order valence-electron chi connectivity index (χ4n) is 1.78. The van der Waals surface area contributed by atoms with E-state index in [1.165, 1.54) is 0 Å². The normalized spacial score (nSPS) is 13.0. The molecule has 0 aliphatic rings. The van der Waals surface area contributed by atoms with Gasteiger partial charge in [0.2, 0.25) is 0 Å². The summed E-state index contributed by atoms with van der Waals surface area (Å²) in [4.78, 5) is 0. The fourth-order valence-corrected chi connectivity index (χ4v) is 1.78. The molecule has 92 valence electrons. The van der Waals surface area contributed by atoms with Crippen molar-refractivity contribution in [1.29, 1.82) is 0 Å². The van der Waals surface area contributed by atoms with Crippen LogP contribution in [0, 0.1) is 5.92 Å². The van der Waals surface area contributed by atoms with Crippen LogP contribution < -0.4 is 0 Å². The van der Waals surface area contributed by atoms with Gasteiger partial charge in [-0.25, -0.2) is 4.68 Å². The second-order valence-corrected chi connectivity index (χ2v) is 4.13. The Balaban J connectivity index is 2.74. The maximum Gasteiger partial charge on any atom is 0.111 e. The van der Waals surface area contributed by atoms with Crippen molar-refractivity contribution in [3.63, 3.8) is 0 Å². The van der Waals surface area contributed by atoms with E-state index in [-0.39, 0.29) is 6.61 Å². The average molecular weight is 227 g/mol. The minimum atomic E-state index is -0.0337. The number of rotatable bonds is 7. The Kier molecular flexibility index (Phi) is 5.42. The summed E-state index contributed by atoms with van der Waals surface area (Å²) in [5.41, 5.74) is 1.75. The molecule has 1 N–H and O–H groups in total. The van der Waals surface area contributed by atoms with E-state index >= 15 is 0 Å². The first kappa shape index (κ1) is 13.1. The number of hydrogen-bond donors (Lipinski definition) is 1. The molecule has 1 unspecified atom stereocenters. The van der Waals surface area contributed by atoms with Crippen molar-refractivity contribution in [3.05, 3.63) is 11.4 Å². The second kappa shape index (κ2) is 6.60. The quantitative estimate of drug-likeness (QED) is 0.755. The van der Waals surface area contributed by atoms with Crippen LogP contribution in [-0.2, 0) is 24.3 Å². The first-order chi connectivity index (χ1) is 7.72. The molecule has 0 bridgehead atoms. The lowest BCUT2D eigenvalue weighted by Gasteiger charge is -2.12. The lowest BCUT2D eigenvalue weighted by Crippen LogP contribution is -2.16. The predicted molar refractivity (Wildman–Crippen MR) is 61.0 cm³/mol. The smallest absolute Gasteiger partial charge is 0.111 e. The largest absolute Gasteiger partial charge is 0.390 e. The van der Waals surface area contributed by atoms with Crippen molar-refractivity contribution in [1.82, 2.24) is 15.0 Å². The topological polar surface area (TPSA) is 60.2 Å². The molecular formula is C11H21N3O2. The number of aliphatic hydroxyl groups excluding tert-OH is 1. The standard InChI is InChI=1S/C11H21N3O2/c1-4-5-11-10(7-15)12-13-14(11)6-9(2)8-16-3/h9,15H,4-8H2,1-3H3. The SMILES string of the molecule is CCCc1c(CO)nnn1CC(C)COC. The van der Waals surface area contributed by atoms with Gasteiger partial charge >= 0.3 is 0 Å². The Bertz CT molecular complexity index is 312. The molecule has 1 aromatic heterocycles. The van der Waals surface area contributed by atoms with Gasteiger partial charge in [-0.2, -0.15) is 0 Å². The molecule has 5 nitrogen and oxygen atoms in total. The highest BCUT2D eigenvalue weighted by Crippen LogP contribution is 2.11. The highest BCUT2D eigenvalue weighted by atomic mass is 16.5. The van der Waals surface area contributed by atoms with Gasteiger partial charge in [-0.15, -0.1) is 5.10 Å². The zero-order chi connectivity index (χ0) is 12.0. The van der Waals surface area contributed by atoms with Crippen LogP contribution in [-0.4, -0.2) is 33.8 Å². The Morgan fingerprint density at radius 1 is 1.50 bits per heavy atom. The van der Waals surface area contributed by atoms with Gasteiger partial charge in [0.25, 0.3) is 0 Å². The van der Waals surface area contributed by atoms with Crippen LogP contribution in [0.2, 0.25) is 0 Å². The zero-order valence-corrected chi connectivity index (χ0v) is 10.3. The van der Waals surface area contributed by atoms with Crippen LogP contribution >= 0.6 is 0 Å². The molecule has 0 saturated carbocycles. The van der Waals surface area contributed by atoms with Gasteiger partial charge in [-0.05, 0) is 12.3 Å². The Morgan fingerprint density at radius 3 is 2.81 bits per heavy atom. The fraction of sp³-hybridized carbons (Fsp3) is 0.818. The van der Waals surface area contributed by atoms with Gasteiger partial charge in [0.15, 0.2) is 0 Å². The lowest BCUT2D eigenvalue weighted by atomic mass is 10.1. The van der Waals surface area contributed by atoms with Gasteiger partial charge in [0.05, 0.1) is 18.9 Å². The van der Waals surface area contributed by atoms with Crippen LogP contribution in [0.5, 0.6) is 0 Å². The first-order valence-corrected chi connectivity index (χ1v) is 5.73. The zero-order valence-electron chi connectivity index (χ0n) is 10.3. The summed E-state index contributed by atoms with van der Waals surface area (Å²) >= 11 is 0. The molecule has 16 heavy (non-hydrogen) atoms. The monoisotopic (exact) mass is 227 g/mol. The molecule has 1 atom stereocenters. The molecule has 0 aromatic carbocycles. The third kappa shape index (κ3) is 3.28. The Morgan fingerprint density at radius 2 is 2.25 bits per heavy atom. The van der Waals surface area contributed by atoms with Crippen molar-refractivity contribution in [2.45, 2.75) is 39.8 Å². The van der Waals surface area contributed by atoms with E-state index in [0.29, 0.717) is 18.2 Å². The molecule has 1 rings (SSSR count). The summed E-state index contributed by atoms with van der Waals surface area (Å²) in [5, 5.41) is 17.2. The van der Waals surface area contributed by atoms with Gasteiger partial charge in [-0.1, -0.05) is 25.5 Å². The van der Waals surface area contributed by atoms with Crippen molar-refractivity contribution >= 4 is 0 Å². The van der Waals surface area contributed by atoms with E-state index in [1.807, 2.05) is 4.68 Å². The molecule has 0 spiro atoms. The van der Waals surface area contributed by atoms with Crippen LogP contribution in [0.3, 0.4) is 0 Å². The van der Waals surface area contributed by atoms with Crippen LogP contribution in [0.4, 0.5) is 0 Å². The van der Waals surface area contributed by atoms with E-state index in [9.17, 15) is 0 Å². The Labute approximate surface area is 96.4 Å². The number of aromatic nitrogens is 3. The number of nitrogens with zero attached hydrogens (tertiary/aromatic N) is 3. The highest BCUT2D eigenvalue weighted by Gasteiger charge is 2.13. The maximum atomic E-state index is 9.16. The molecule has 0 radical (unpaired) electrons. The molecule has 0 aliphatic carbocycles. The van der Waals surface area contributed by atoms with Crippen LogP contribution in [0.25, 0.3) is 0 Å². The second-order valence-electron chi connectivity index (χ2n) is 4.13. The van der Waals surface area contributed by atoms with Gasteiger partial charge in [0, 0.05) is 13.7 Å². The molecule has 0 fully saturated rings. The number of aliphatic hydroxyl groups is 1. The van der Waals surface area contributed by atoms with Crippen LogP contribution in [0.15, 0.2) is 0 Å². The summed E-state index contributed by atoms with van der Waals surface area (Å²) in [7, 11) is 1.70. The summed E-state index contributed by atoms with van der Waals surface area (Å²) < 4.78 is 6.99. The first-order valence-electron chi connectivity index (χ1n) is 5.73. The molecule has 5 heteroatoms. The molecule has 0 aliphatic heterocycles. The third-order valence-electron chi connectivity index (χ3n) is 2.49. The molecule has 1 aromatic rings. The van der Waals surface area contributed by atoms with Crippen molar-refractivity contribution in [2.75, 3.05) is 13.7 Å². The van der Waals surface area contributed by atoms with E-state index < -0.39 is 0 Å². The summed E-state index contributed by atoms with van der Waals surface area (Å²) in [6.07, 6.45) is 1.93. The maximum absolute atomic E-state index is 9.16. The van der Waals surface area contributed by atoms with E-state index in [0.717, 1.165) is 25.1 Å². The molecular weight excluding hydrogens is 206 g/mol. The Hall–Kier alpha value is -0.940. The van der Waals surface area contributed by atoms with Gasteiger partial charge in [0.1, 0.15) is 5.69 Å². The summed E-state index contributed by atoms with van der Waals surface area (Å²) in [6, 6.07) is 0. The summed E-state index contributed by atoms with van der Waals surface area (Å²) in [5.74, 6) is 0.397. The number of methoxy groups -OCH3 is 1. The summed E-state index contributed by atoms with van der Waals surface area (Å²) in [6.45, 7) is 5.68. The van der Waals surface area contributed by atoms with Crippen molar-refractivity contribution in [3.8, 4) is 0 Å². The van der Waals surface area contributed by atoms with Gasteiger partial charge in [-0.3, -0.25) is 0 Å². The molecule has 0 amide bonds. The van der Waals surface area contributed by atoms with E-state index in [4.69, 9.17) is 9.84 Å². The lowest BCUT2D eigenvalue weighted by molar-refractivity contribution is 0.148. The van der Waals surface area contributed by atoms with Crippen molar-refractivity contribution in [2.24, 2.45) is 5.92 Å². The number of ether oxygens (including phenoxy) is 1. The minimum absolute atomic E-state index is 0.0337. The molecule has 0 saturated heterocycles. The van der Waals surface area contributed by atoms with Gasteiger partial charge < -0.3 is 9.84 Å². The van der Waals surface area contributed by atoms with Crippen molar-refractivity contribution < 1.29 is 9.84 Å². The third-order valence-corrected chi connectivity index (χ3v) is 2.49. The van der Waals surface area contributed by atoms with Crippen LogP contribution in [0.1, 0.15) is 31.7 Å². The predicted octanol–water partition coefficient (Wildman–Crippen LogP) is 1.01. The van der Waals surface area contributed by atoms with E-state index in [2.05, 4.69) is 24.2 Å². The average Bonchev–Trinajstić information content (AvgIpc) is 2.62. The highest BCUT2D eigenvalue weighted by molar-refractivity contribution is 5.09. The molecule has 1 heterocycles. The minimum Gasteiger partial charge on any atom is -0.390 e. The van der Waals surface area contributed by atoms with E-state index in [1.54, 1.807) is 7.11 Å². The number of hydrogen-bond acceptors (Lipinski definition) is 4.